The number of thiazole rings is 1. The molecule has 3 rings (SSSR count). The highest BCUT2D eigenvalue weighted by Crippen LogP contribution is 2.34. The summed E-state index contributed by atoms with van der Waals surface area (Å²) >= 11 is 7.63. The summed E-state index contributed by atoms with van der Waals surface area (Å²) in [5, 5.41) is 3.95. The van der Waals surface area contributed by atoms with Gasteiger partial charge in [0.1, 0.15) is 5.75 Å². The first-order chi connectivity index (χ1) is 12.3. The minimum atomic E-state index is -0.246. The second-order valence-corrected chi connectivity index (χ2v) is 7.76. The fourth-order valence-corrected chi connectivity index (χ4v) is 4.19. The SMILES string of the molecule is Cc1cc(C)c(OCC(=O)Nc2c(C)cc3nc(N)sc3c2C)c(Cl)c1. The van der Waals surface area contributed by atoms with Gasteiger partial charge in [-0.3, -0.25) is 4.79 Å². The van der Waals surface area contributed by atoms with E-state index in [-0.39, 0.29) is 12.5 Å². The summed E-state index contributed by atoms with van der Waals surface area (Å²) in [6.45, 7) is 7.63. The fourth-order valence-electron chi connectivity index (χ4n) is 2.99. The van der Waals surface area contributed by atoms with Gasteiger partial charge in [-0.25, -0.2) is 4.98 Å². The number of halogens is 1. The van der Waals surface area contributed by atoms with Crippen LogP contribution in [0.25, 0.3) is 10.2 Å². The molecule has 3 aromatic rings. The number of aromatic nitrogens is 1. The number of nitrogens with one attached hydrogen (secondary N) is 1. The molecule has 0 aliphatic heterocycles. The van der Waals surface area contributed by atoms with Crippen LogP contribution in [0.5, 0.6) is 5.75 Å². The zero-order chi connectivity index (χ0) is 19.0. The highest BCUT2D eigenvalue weighted by atomic mass is 35.5. The summed E-state index contributed by atoms with van der Waals surface area (Å²) < 4.78 is 6.63. The Morgan fingerprint density at radius 2 is 1.96 bits per heavy atom. The monoisotopic (exact) mass is 389 g/mol. The van der Waals surface area contributed by atoms with Crippen molar-refractivity contribution in [2.24, 2.45) is 0 Å². The molecule has 0 aliphatic rings. The first-order valence-corrected chi connectivity index (χ1v) is 9.31. The molecular formula is C19H20ClN3O2S. The largest absolute Gasteiger partial charge is 0.482 e. The molecule has 0 aliphatic carbocycles. The highest BCUT2D eigenvalue weighted by molar-refractivity contribution is 7.22. The maximum absolute atomic E-state index is 12.4. The van der Waals surface area contributed by atoms with E-state index in [1.807, 2.05) is 45.9 Å². The summed E-state index contributed by atoms with van der Waals surface area (Å²) in [6.07, 6.45) is 0. The van der Waals surface area contributed by atoms with Crippen LogP contribution in [0, 0.1) is 27.7 Å². The van der Waals surface area contributed by atoms with Crippen LogP contribution in [0.15, 0.2) is 18.2 Å². The van der Waals surface area contributed by atoms with Crippen molar-refractivity contribution in [3.63, 3.8) is 0 Å². The molecule has 5 nitrogen and oxygen atoms in total. The van der Waals surface area contributed by atoms with E-state index in [4.69, 9.17) is 22.1 Å². The number of ether oxygens (including phenoxy) is 1. The molecule has 26 heavy (non-hydrogen) atoms. The summed E-state index contributed by atoms with van der Waals surface area (Å²) in [4.78, 5) is 16.7. The van der Waals surface area contributed by atoms with Gasteiger partial charge < -0.3 is 15.8 Å². The smallest absolute Gasteiger partial charge is 0.262 e. The quantitative estimate of drug-likeness (QED) is 0.672. The molecule has 0 spiro atoms. The molecule has 0 radical (unpaired) electrons. The Kier molecular flexibility index (Phi) is 5.07. The Balaban J connectivity index is 1.78. The first kappa shape index (κ1) is 18.5. The zero-order valence-corrected chi connectivity index (χ0v) is 16.6. The number of anilines is 2. The van der Waals surface area contributed by atoms with E-state index in [1.54, 1.807) is 0 Å². The molecule has 1 amide bonds. The highest BCUT2D eigenvalue weighted by Gasteiger charge is 2.15. The van der Waals surface area contributed by atoms with Crippen LogP contribution in [-0.2, 0) is 4.79 Å². The number of rotatable bonds is 4. The van der Waals surface area contributed by atoms with Crippen molar-refractivity contribution < 1.29 is 9.53 Å². The third kappa shape index (κ3) is 3.61. The predicted molar refractivity (Wildman–Crippen MR) is 109 cm³/mol. The number of aryl methyl sites for hydroxylation is 4. The van der Waals surface area contributed by atoms with Crippen molar-refractivity contribution in [2.45, 2.75) is 27.7 Å². The van der Waals surface area contributed by atoms with Crippen LogP contribution in [0.4, 0.5) is 10.8 Å². The first-order valence-electron chi connectivity index (χ1n) is 8.12. The topological polar surface area (TPSA) is 77.2 Å². The number of amides is 1. The standard InChI is InChI=1S/C19H20ClN3O2S/c1-9-5-11(3)17(13(20)6-9)25-8-15(24)23-16-10(2)7-14-18(12(16)4)26-19(21)22-14/h5-7H,8H2,1-4H3,(H2,21,22)(H,23,24). The van der Waals surface area contributed by atoms with E-state index in [2.05, 4.69) is 10.3 Å². The van der Waals surface area contributed by atoms with Crippen LogP contribution < -0.4 is 15.8 Å². The molecule has 1 heterocycles. The van der Waals surface area contributed by atoms with Crippen molar-refractivity contribution in [3.8, 4) is 5.75 Å². The number of fused-ring (bicyclic) bond motifs is 1. The molecule has 0 atom stereocenters. The number of hydrogen-bond acceptors (Lipinski definition) is 5. The fraction of sp³-hybridized carbons (Fsp3) is 0.263. The predicted octanol–water partition coefficient (Wildman–Crippen LogP) is 4.78. The maximum atomic E-state index is 12.4. The van der Waals surface area contributed by atoms with Crippen molar-refractivity contribution in [2.75, 3.05) is 17.7 Å². The molecule has 0 saturated carbocycles. The summed E-state index contributed by atoms with van der Waals surface area (Å²) in [5.41, 5.74) is 11.2. The van der Waals surface area contributed by atoms with E-state index in [9.17, 15) is 4.79 Å². The molecule has 136 valence electrons. The zero-order valence-electron chi connectivity index (χ0n) is 15.1. The Bertz CT molecular complexity index is 991. The molecule has 1 aromatic heterocycles. The van der Waals surface area contributed by atoms with Gasteiger partial charge in [0.05, 0.1) is 15.2 Å². The third-order valence-electron chi connectivity index (χ3n) is 4.12. The second kappa shape index (κ2) is 7.13. The van der Waals surface area contributed by atoms with Crippen LogP contribution in [0.2, 0.25) is 5.02 Å². The average molecular weight is 390 g/mol. The molecule has 3 N–H and O–H groups in total. The number of nitrogen functional groups attached to an aromatic ring is 1. The Morgan fingerprint density at radius 3 is 2.65 bits per heavy atom. The van der Waals surface area contributed by atoms with Crippen LogP contribution in [0.1, 0.15) is 22.3 Å². The van der Waals surface area contributed by atoms with E-state index in [0.717, 1.165) is 38.2 Å². The van der Waals surface area contributed by atoms with E-state index in [0.29, 0.717) is 15.9 Å². The van der Waals surface area contributed by atoms with Crippen molar-refractivity contribution in [1.82, 2.24) is 4.98 Å². The van der Waals surface area contributed by atoms with Crippen molar-refractivity contribution in [1.29, 1.82) is 0 Å². The normalized spacial score (nSPS) is 11.0. The van der Waals surface area contributed by atoms with Gasteiger partial charge in [0.15, 0.2) is 11.7 Å². The minimum Gasteiger partial charge on any atom is -0.482 e. The van der Waals surface area contributed by atoms with E-state index >= 15 is 0 Å². The van der Waals surface area contributed by atoms with Gasteiger partial charge in [0, 0.05) is 5.69 Å². The lowest BCUT2D eigenvalue weighted by Crippen LogP contribution is -2.21. The minimum absolute atomic E-state index is 0.120. The number of carbonyl (C=O) groups excluding carboxylic acids is 1. The molecular weight excluding hydrogens is 370 g/mol. The van der Waals surface area contributed by atoms with Gasteiger partial charge in [-0.15, -0.1) is 0 Å². The molecule has 0 fully saturated rings. The molecule has 0 unspecified atom stereocenters. The summed E-state index contributed by atoms with van der Waals surface area (Å²) in [7, 11) is 0. The number of nitrogens with two attached hydrogens (primary N) is 1. The van der Waals surface area contributed by atoms with Gasteiger partial charge in [-0.1, -0.05) is 29.0 Å². The number of carbonyl (C=O) groups is 1. The Morgan fingerprint density at radius 1 is 1.23 bits per heavy atom. The summed E-state index contributed by atoms with van der Waals surface area (Å²) in [5.74, 6) is 0.288. The van der Waals surface area contributed by atoms with E-state index < -0.39 is 0 Å². The number of nitrogens with zero attached hydrogens (tertiary/aromatic N) is 1. The second-order valence-electron chi connectivity index (χ2n) is 6.32. The summed E-state index contributed by atoms with van der Waals surface area (Å²) in [6, 6.07) is 5.71. The van der Waals surface area contributed by atoms with Gasteiger partial charge >= 0.3 is 0 Å². The van der Waals surface area contributed by atoms with Gasteiger partial charge in [-0.05, 0) is 62.1 Å². The maximum Gasteiger partial charge on any atom is 0.262 e. The number of hydrogen-bond donors (Lipinski definition) is 2. The molecule has 2 aromatic carbocycles. The van der Waals surface area contributed by atoms with E-state index in [1.165, 1.54) is 11.3 Å². The molecule has 0 saturated heterocycles. The van der Waals surface area contributed by atoms with Crippen LogP contribution in [0.3, 0.4) is 0 Å². The van der Waals surface area contributed by atoms with Crippen molar-refractivity contribution in [3.05, 3.63) is 45.5 Å². The Hall–Kier alpha value is -2.31. The molecule has 7 heteroatoms. The van der Waals surface area contributed by atoms with Gasteiger partial charge in [0.25, 0.3) is 5.91 Å². The lowest BCUT2D eigenvalue weighted by Gasteiger charge is -2.14. The average Bonchev–Trinajstić information content (AvgIpc) is 2.91. The number of benzene rings is 2. The molecule has 0 bridgehead atoms. The Labute approximate surface area is 161 Å². The van der Waals surface area contributed by atoms with Crippen molar-refractivity contribution >= 4 is 49.9 Å². The third-order valence-corrected chi connectivity index (χ3v) is 5.42. The van der Waals surface area contributed by atoms with Gasteiger partial charge in [0.2, 0.25) is 0 Å². The van der Waals surface area contributed by atoms with Gasteiger partial charge in [-0.2, -0.15) is 0 Å². The lowest BCUT2D eigenvalue weighted by molar-refractivity contribution is -0.118. The van der Waals surface area contributed by atoms with Crippen LogP contribution in [-0.4, -0.2) is 17.5 Å². The lowest BCUT2D eigenvalue weighted by atomic mass is 10.1. The van der Waals surface area contributed by atoms with Crippen LogP contribution >= 0.6 is 22.9 Å².